The molecule has 0 fully saturated rings. The maximum atomic E-state index is 12.5. The number of benzene rings is 2. The van der Waals surface area contributed by atoms with Gasteiger partial charge in [-0.1, -0.05) is 36.4 Å². The molecule has 144 valence electrons. The summed E-state index contributed by atoms with van der Waals surface area (Å²) in [5.41, 5.74) is 2.73. The fourth-order valence-corrected chi connectivity index (χ4v) is 2.82. The number of carbonyl (C=O) groups is 2. The van der Waals surface area contributed by atoms with Crippen molar-refractivity contribution >= 4 is 28.7 Å². The van der Waals surface area contributed by atoms with Gasteiger partial charge in [0.05, 0.1) is 16.6 Å². The van der Waals surface area contributed by atoms with Gasteiger partial charge in [0.25, 0.3) is 5.91 Å². The molecule has 0 saturated carbocycles. The van der Waals surface area contributed by atoms with Crippen molar-refractivity contribution < 1.29 is 14.3 Å². The Morgan fingerprint density at radius 1 is 1.03 bits per heavy atom. The summed E-state index contributed by atoms with van der Waals surface area (Å²) in [6.45, 7) is 1.51. The third-order valence-electron chi connectivity index (χ3n) is 4.33. The largest absolute Gasteiger partial charge is 0.449 e. The molecular formula is C22H18N4O3. The van der Waals surface area contributed by atoms with Crippen molar-refractivity contribution in [1.82, 2.24) is 15.0 Å². The van der Waals surface area contributed by atoms with Crippen LogP contribution in [0, 0.1) is 0 Å². The summed E-state index contributed by atoms with van der Waals surface area (Å²) in [4.78, 5) is 36.5. The van der Waals surface area contributed by atoms with Gasteiger partial charge in [-0.3, -0.25) is 4.79 Å². The third kappa shape index (κ3) is 4.14. The molecule has 0 aliphatic heterocycles. The van der Waals surface area contributed by atoms with E-state index in [-0.39, 0.29) is 0 Å². The highest BCUT2D eigenvalue weighted by Gasteiger charge is 2.20. The molecule has 1 amide bonds. The number of rotatable bonds is 5. The molecule has 0 aliphatic rings. The van der Waals surface area contributed by atoms with E-state index in [0.29, 0.717) is 22.7 Å². The fraction of sp³-hybridized carbons (Fsp3) is 0.0909. The first-order chi connectivity index (χ1) is 14.1. The van der Waals surface area contributed by atoms with Crippen molar-refractivity contribution in [2.75, 3.05) is 5.32 Å². The summed E-state index contributed by atoms with van der Waals surface area (Å²) in [5.74, 6) is 0.0689. The zero-order chi connectivity index (χ0) is 20.2. The van der Waals surface area contributed by atoms with Crippen molar-refractivity contribution in [2.45, 2.75) is 13.0 Å². The normalized spacial score (nSPS) is 11.8. The Balaban J connectivity index is 1.47. The number of nitrogens with one attached hydrogen (secondary N) is 2. The zero-order valence-corrected chi connectivity index (χ0v) is 15.6. The minimum absolute atomic E-state index is 0.332. The van der Waals surface area contributed by atoms with E-state index >= 15 is 0 Å². The lowest BCUT2D eigenvalue weighted by Crippen LogP contribution is -2.30. The van der Waals surface area contributed by atoms with Gasteiger partial charge < -0.3 is 15.0 Å². The van der Waals surface area contributed by atoms with Crippen molar-refractivity contribution in [3.63, 3.8) is 0 Å². The molecular weight excluding hydrogens is 368 g/mol. The molecule has 0 aliphatic carbocycles. The number of anilines is 1. The highest BCUT2D eigenvalue weighted by molar-refractivity contribution is 5.98. The molecule has 1 atom stereocenters. The Hall–Kier alpha value is -4.00. The molecule has 2 heterocycles. The molecule has 0 bridgehead atoms. The molecule has 4 aromatic rings. The first-order valence-corrected chi connectivity index (χ1v) is 9.08. The molecule has 2 aromatic heterocycles. The number of ether oxygens (including phenoxy) is 1. The van der Waals surface area contributed by atoms with Crippen LogP contribution in [0.5, 0.6) is 0 Å². The number of amides is 1. The number of imidazole rings is 1. The number of aromatic amines is 1. The van der Waals surface area contributed by atoms with E-state index < -0.39 is 18.0 Å². The second-order valence-electron chi connectivity index (χ2n) is 6.44. The van der Waals surface area contributed by atoms with E-state index in [9.17, 15) is 9.59 Å². The number of fused-ring (bicyclic) bond motifs is 1. The Morgan fingerprint density at radius 2 is 1.83 bits per heavy atom. The van der Waals surface area contributed by atoms with Gasteiger partial charge in [0.15, 0.2) is 6.10 Å². The van der Waals surface area contributed by atoms with Gasteiger partial charge in [-0.15, -0.1) is 0 Å². The summed E-state index contributed by atoms with van der Waals surface area (Å²) in [6, 6.07) is 19.9. The SMILES string of the molecule is CC(OC(=O)c1ccc2nc(-c3ccccc3)[nH]c2c1)C(=O)Nc1ccccn1. The molecule has 0 radical (unpaired) electrons. The molecule has 4 rings (SSSR count). The first kappa shape index (κ1) is 18.4. The van der Waals surface area contributed by atoms with Gasteiger partial charge in [-0.05, 0) is 37.3 Å². The van der Waals surface area contributed by atoms with E-state index in [4.69, 9.17) is 4.74 Å². The van der Waals surface area contributed by atoms with Crippen LogP contribution in [0.25, 0.3) is 22.4 Å². The predicted molar refractivity (Wildman–Crippen MR) is 109 cm³/mol. The lowest BCUT2D eigenvalue weighted by atomic mass is 10.2. The maximum Gasteiger partial charge on any atom is 0.338 e. The summed E-state index contributed by atoms with van der Waals surface area (Å²) >= 11 is 0. The molecule has 1 unspecified atom stereocenters. The average Bonchev–Trinajstić information content (AvgIpc) is 3.18. The first-order valence-electron chi connectivity index (χ1n) is 9.08. The number of hydrogen-bond donors (Lipinski definition) is 2. The second-order valence-corrected chi connectivity index (χ2v) is 6.44. The highest BCUT2D eigenvalue weighted by Crippen LogP contribution is 2.21. The van der Waals surface area contributed by atoms with Crippen LogP contribution in [0.2, 0.25) is 0 Å². The Labute approximate surface area is 166 Å². The number of aromatic nitrogens is 3. The molecule has 29 heavy (non-hydrogen) atoms. The summed E-state index contributed by atoms with van der Waals surface area (Å²) in [7, 11) is 0. The number of nitrogens with zero attached hydrogens (tertiary/aromatic N) is 2. The van der Waals surface area contributed by atoms with Gasteiger partial charge in [0.1, 0.15) is 11.6 Å². The van der Waals surface area contributed by atoms with Gasteiger partial charge in [-0.2, -0.15) is 0 Å². The standard InChI is InChI=1S/C22H18N4O3/c1-14(21(27)26-19-9-5-6-12-23-19)29-22(28)16-10-11-17-18(13-16)25-20(24-17)15-7-3-2-4-8-15/h2-14H,1H3,(H,24,25)(H,23,26,27). The van der Waals surface area contributed by atoms with Crippen LogP contribution in [-0.2, 0) is 9.53 Å². The van der Waals surface area contributed by atoms with Gasteiger partial charge >= 0.3 is 5.97 Å². The lowest BCUT2D eigenvalue weighted by Gasteiger charge is -2.13. The topological polar surface area (TPSA) is 97.0 Å². The monoisotopic (exact) mass is 386 g/mol. The number of hydrogen-bond acceptors (Lipinski definition) is 5. The lowest BCUT2D eigenvalue weighted by molar-refractivity contribution is -0.123. The summed E-state index contributed by atoms with van der Waals surface area (Å²) < 4.78 is 5.30. The summed E-state index contributed by atoms with van der Waals surface area (Å²) in [5, 5.41) is 2.61. The van der Waals surface area contributed by atoms with Gasteiger partial charge in [0.2, 0.25) is 0 Å². The number of esters is 1. The third-order valence-corrected chi connectivity index (χ3v) is 4.33. The molecule has 0 saturated heterocycles. The molecule has 0 spiro atoms. The summed E-state index contributed by atoms with van der Waals surface area (Å²) in [6.07, 6.45) is 0.595. The van der Waals surface area contributed by atoms with Crippen molar-refractivity contribution in [2.24, 2.45) is 0 Å². The van der Waals surface area contributed by atoms with E-state index in [1.807, 2.05) is 30.3 Å². The van der Waals surface area contributed by atoms with E-state index in [2.05, 4.69) is 20.3 Å². The van der Waals surface area contributed by atoms with E-state index in [1.165, 1.54) is 6.92 Å². The minimum atomic E-state index is -0.971. The van der Waals surface area contributed by atoms with Crippen LogP contribution < -0.4 is 5.32 Å². The number of carbonyl (C=O) groups excluding carboxylic acids is 2. The number of pyridine rings is 1. The van der Waals surface area contributed by atoms with Crippen LogP contribution in [0.3, 0.4) is 0 Å². The van der Waals surface area contributed by atoms with Crippen LogP contribution in [0.4, 0.5) is 5.82 Å². The molecule has 7 heteroatoms. The van der Waals surface area contributed by atoms with Gasteiger partial charge in [-0.25, -0.2) is 14.8 Å². The molecule has 7 nitrogen and oxygen atoms in total. The second kappa shape index (κ2) is 7.93. The maximum absolute atomic E-state index is 12.5. The number of H-pyrrole nitrogens is 1. The smallest absolute Gasteiger partial charge is 0.338 e. The van der Waals surface area contributed by atoms with Gasteiger partial charge in [0, 0.05) is 11.8 Å². The van der Waals surface area contributed by atoms with Crippen LogP contribution in [0.1, 0.15) is 17.3 Å². The predicted octanol–water partition coefficient (Wildman–Crippen LogP) is 3.81. The molecule has 2 N–H and O–H groups in total. The van der Waals surface area contributed by atoms with Crippen LogP contribution in [-0.4, -0.2) is 32.9 Å². The quantitative estimate of drug-likeness (QED) is 0.509. The average molecular weight is 386 g/mol. The van der Waals surface area contributed by atoms with Crippen molar-refractivity contribution in [1.29, 1.82) is 0 Å². The zero-order valence-electron chi connectivity index (χ0n) is 15.6. The van der Waals surface area contributed by atoms with Crippen molar-refractivity contribution in [3.8, 4) is 11.4 Å². The Kier molecular flexibility index (Phi) is 5.03. The molecule has 2 aromatic carbocycles. The van der Waals surface area contributed by atoms with E-state index in [1.54, 1.807) is 42.6 Å². The van der Waals surface area contributed by atoms with E-state index in [0.717, 1.165) is 11.1 Å². The highest BCUT2D eigenvalue weighted by atomic mass is 16.5. The van der Waals surface area contributed by atoms with Crippen LogP contribution >= 0.6 is 0 Å². The minimum Gasteiger partial charge on any atom is -0.449 e. The fourth-order valence-electron chi connectivity index (χ4n) is 2.82. The van der Waals surface area contributed by atoms with Crippen molar-refractivity contribution in [3.05, 3.63) is 78.5 Å². The van der Waals surface area contributed by atoms with Crippen LogP contribution in [0.15, 0.2) is 72.9 Å². The Morgan fingerprint density at radius 3 is 2.59 bits per heavy atom. The Bertz CT molecular complexity index is 1160.